The van der Waals surface area contributed by atoms with Crippen molar-refractivity contribution in [1.82, 2.24) is 19.6 Å². The Balaban J connectivity index is 1.58. The molecule has 0 radical (unpaired) electrons. The van der Waals surface area contributed by atoms with Gasteiger partial charge in [0.05, 0.1) is 29.9 Å². The predicted octanol–water partition coefficient (Wildman–Crippen LogP) is 1.34. The third-order valence-electron chi connectivity index (χ3n) is 4.82. The summed E-state index contributed by atoms with van der Waals surface area (Å²) < 4.78 is 25.2. The molecular weight excluding hydrogens is 364 g/mol. The minimum Gasteiger partial charge on any atom is -0.338 e. The molecule has 1 aromatic carbocycles. The number of sulfone groups is 1. The Labute approximate surface area is 160 Å². The van der Waals surface area contributed by atoms with Crippen LogP contribution in [0.15, 0.2) is 42.7 Å². The largest absolute Gasteiger partial charge is 0.338 e. The molecule has 0 spiro atoms. The molecular formula is C19H26N4O3S. The van der Waals surface area contributed by atoms with Crippen LogP contribution in [0.1, 0.15) is 18.9 Å². The molecule has 0 N–H and O–H groups in total. The fourth-order valence-electron chi connectivity index (χ4n) is 3.51. The zero-order valence-electron chi connectivity index (χ0n) is 15.8. The molecule has 27 heavy (non-hydrogen) atoms. The number of para-hydroxylation sites is 1. The summed E-state index contributed by atoms with van der Waals surface area (Å²) in [5.74, 6) is 0.230. The third kappa shape index (κ3) is 4.95. The molecule has 7 nitrogen and oxygen atoms in total. The second-order valence-corrected chi connectivity index (χ2v) is 9.27. The number of nitrogens with zero attached hydrogens (tertiary/aromatic N) is 4. The van der Waals surface area contributed by atoms with Crippen LogP contribution in [-0.4, -0.2) is 71.6 Å². The molecule has 1 aliphatic rings. The molecule has 1 fully saturated rings. The van der Waals surface area contributed by atoms with Crippen LogP contribution in [0.4, 0.5) is 0 Å². The number of carbonyl (C=O) groups excluding carboxylic acids is 1. The summed E-state index contributed by atoms with van der Waals surface area (Å²) in [4.78, 5) is 16.3. The van der Waals surface area contributed by atoms with Crippen molar-refractivity contribution in [3.8, 4) is 5.69 Å². The zero-order chi connectivity index (χ0) is 19.4. The summed E-state index contributed by atoms with van der Waals surface area (Å²) in [6.45, 7) is 3.27. The van der Waals surface area contributed by atoms with Gasteiger partial charge in [0.1, 0.15) is 0 Å². The van der Waals surface area contributed by atoms with Crippen LogP contribution in [0.5, 0.6) is 0 Å². The number of rotatable bonds is 7. The van der Waals surface area contributed by atoms with Crippen molar-refractivity contribution in [2.75, 3.05) is 31.6 Å². The second-order valence-electron chi connectivity index (χ2n) is 7.04. The van der Waals surface area contributed by atoms with Gasteiger partial charge in [-0.05, 0) is 32.5 Å². The Bertz CT molecular complexity index is 879. The van der Waals surface area contributed by atoms with E-state index in [1.54, 1.807) is 11.1 Å². The van der Waals surface area contributed by atoms with Crippen LogP contribution in [-0.2, 0) is 21.2 Å². The molecule has 1 unspecified atom stereocenters. The number of hydrogen-bond donors (Lipinski definition) is 0. The van der Waals surface area contributed by atoms with Gasteiger partial charge in [-0.15, -0.1) is 0 Å². The average Bonchev–Trinajstić information content (AvgIpc) is 3.22. The molecule has 2 aromatic rings. The zero-order valence-corrected chi connectivity index (χ0v) is 16.6. The van der Waals surface area contributed by atoms with Crippen LogP contribution in [0.2, 0.25) is 0 Å². The first-order chi connectivity index (χ1) is 12.9. The average molecular weight is 391 g/mol. The van der Waals surface area contributed by atoms with E-state index in [1.807, 2.05) is 60.1 Å². The molecule has 0 saturated carbocycles. The van der Waals surface area contributed by atoms with Gasteiger partial charge in [0, 0.05) is 30.9 Å². The van der Waals surface area contributed by atoms with E-state index in [0.29, 0.717) is 19.5 Å². The van der Waals surface area contributed by atoms with Crippen molar-refractivity contribution in [2.45, 2.75) is 25.9 Å². The van der Waals surface area contributed by atoms with Crippen LogP contribution in [0, 0.1) is 0 Å². The lowest BCUT2D eigenvalue weighted by Gasteiger charge is -2.28. The monoisotopic (exact) mass is 390 g/mol. The van der Waals surface area contributed by atoms with E-state index < -0.39 is 9.84 Å². The van der Waals surface area contributed by atoms with E-state index in [4.69, 9.17) is 0 Å². The minimum atomic E-state index is -3.00. The van der Waals surface area contributed by atoms with Crippen LogP contribution < -0.4 is 0 Å². The predicted molar refractivity (Wildman–Crippen MR) is 104 cm³/mol. The van der Waals surface area contributed by atoms with Gasteiger partial charge in [-0.3, -0.25) is 9.69 Å². The maximum absolute atomic E-state index is 12.7. The van der Waals surface area contributed by atoms with Crippen LogP contribution in [0.3, 0.4) is 0 Å². The number of likely N-dealkylation sites (N-methyl/N-ethyl adjacent to an activating group) is 2. The van der Waals surface area contributed by atoms with Gasteiger partial charge in [0.25, 0.3) is 0 Å². The molecule has 1 aromatic heterocycles. The first-order valence-corrected chi connectivity index (χ1v) is 11.0. The topological polar surface area (TPSA) is 75.5 Å². The second kappa shape index (κ2) is 8.22. The summed E-state index contributed by atoms with van der Waals surface area (Å²) in [6.07, 6.45) is 4.29. The highest BCUT2D eigenvalue weighted by molar-refractivity contribution is 7.91. The number of benzene rings is 1. The normalized spacial score (nSPS) is 18.7. The maximum atomic E-state index is 12.7. The summed E-state index contributed by atoms with van der Waals surface area (Å²) in [5.41, 5.74) is 2.00. The summed E-state index contributed by atoms with van der Waals surface area (Å²) in [6, 6.07) is 9.66. The molecule has 146 valence electrons. The van der Waals surface area contributed by atoms with Crippen LogP contribution >= 0.6 is 0 Å². The van der Waals surface area contributed by atoms with Gasteiger partial charge in [-0.2, -0.15) is 5.10 Å². The highest BCUT2D eigenvalue weighted by Gasteiger charge is 2.33. The van der Waals surface area contributed by atoms with Gasteiger partial charge in [-0.1, -0.05) is 18.2 Å². The quantitative estimate of drug-likeness (QED) is 0.713. The lowest BCUT2D eigenvalue weighted by Crippen LogP contribution is -2.45. The van der Waals surface area contributed by atoms with E-state index in [-0.39, 0.29) is 30.0 Å². The molecule has 1 amide bonds. The molecule has 1 aliphatic heterocycles. The van der Waals surface area contributed by atoms with Gasteiger partial charge >= 0.3 is 0 Å². The molecule has 8 heteroatoms. The highest BCUT2D eigenvalue weighted by atomic mass is 32.2. The lowest BCUT2D eigenvalue weighted by molar-refractivity contribution is -0.133. The van der Waals surface area contributed by atoms with Gasteiger partial charge in [0.15, 0.2) is 9.84 Å². The SMILES string of the molecule is CCN(C(=O)CN(C)Cc1cnn(-c2ccccc2)c1)C1CCS(=O)(=O)C1. The maximum Gasteiger partial charge on any atom is 0.237 e. The van der Waals surface area contributed by atoms with Crippen LogP contribution in [0.25, 0.3) is 5.69 Å². The summed E-state index contributed by atoms with van der Waals surface area (Å²) in [7, 11) is -1.12. The Kier molecular flexibility index (Phi) is 5.96. The van der Waals surface area contributed by atoms with E-state index in [2.05, 4.69) is 5.10 Å². The molecule has 0 bridgehead atoms. The fourth-order valence-corrected chi connectivity index (χ4v) is 5.24. The summed E-state index contributed by atoms with van der Waals surface area (Å²) >= 11 is 0. The number of aromatic nitrogens is 2. The van der Waals surface area contributed by atoms with Gasteiger partial charge < -0.3 is 4.90 Å². The number of carbonyl (C=O) groups is 1. The van der Waals surface area contributed by atoms with E-state index in [1.165, 1.54) is 0 Å². The number of amides is 1. The third-order valence-corrected chi connectivity index (χ3v) is 6.58. The van der Waals surface area contributed by atoms with E-state index in [0.717, 1.165) is 11.3 Å². The van der Waals surface area contributed by atoms with E-state index >= 15 is 0 Å². The Hall–Kier alpha value is -2.19. The smallest absolute Gasteiger partial charge is 0.237 e. The Morgan fingerprint density at radius 1 is 1.30 bits per heavy atom. The van der Waals surface area contributed by atoms with Crippen molar-refractivity contribution in [2.24, 2.45) is 0 Å². The van der Waals surface area contributed by atoms with Gasteiger partial charge in [0.2, 0.25) is 5.91 Å². The first-order valence-electron chi connectivity index (χ1n) is 9.15. The molecule has 3 rings (SSSR count). The van der Waals surface area contributed by atoms with Crippen molar-refractivity contribution in [3.63, 3.8) is 0 Å². The summed E-state index contributed by atoms with van der Waals surface area (Å²) in [5, 5.41) is 4.38. The molecule has 1 atom stereocenters. The highest BCUT2D eigenvalue weighted by Crippen LogP contribution is 2.18. The fraction of sp³-hybridized carbons (Fsp3) is 0.474. The van der Waals surface area contributed by atoms with Crippen molar-refractivity contribution in [1.29, 1.82) is 0 Å². The molecule has 1 saturated heterocycles. The number of hydrogen-bond acceptors (Lipinski definition) is 5. The van der Waals surface area contributed by atoms with Crippen molar-refractivity contribution in [3.05, 3.63) is 48.3 Å². The lowest BCUT2D eigenvalue weighted by atomic mass is 10.2. The Morgan fingerprint density at radius 3 is 2.67 bits per heavy atom. The van der Waals surface area contributed by atoms with Crippen molar-refractivity contribution >= 4 is 15.7 Å². The Morgan fingerprint density at radius 2 is 2.04 bits per heavy atom. The molecule has 2 heterocycles. The van der Waals surface area contributed by atoms with E-state index in [9.17, 15) is 13.2 Å². The first kappa shape index (κ1) is 19.6. The standard InChI is InChI=1S/C19H26N4O3S/c1-3-22(18-9-10-27(25,26)15-18)19(24)14-21(2)12-16-11-20-23(13-16)17-7-5-4-6-8-17/h4-8,11,13,18H,3,9-10,12,14-15H2,1-2H3. The molecule has 0 aliphatic carbocycles. The van der Waals surface area contributed by atoms with Gasteiger partial charge in [-0.25, -0.2) is 13.1 Å². The minimum absolute atomic E-state index is 0.0300. The van der Waals surface area contributed by atoms with Crippen molar-refractivity contribution < 1.29 is 13.2 Å².